The molecule has 0 aromatic heterocycles. The van der Waals surface area contributed by atoms with Gasteiger partial charge >= 0.3 is 0 Å². The third-order valence-electron chi connectivity index (χ3n) is 5.77. The quantitative estimate of drug-likeness (QED) is 0.0776. The van der Waals surface area contributed by atoms with E-state index in [0.29, 0.717) is 119 Å². The summed E-state index contributed by atoms with van der Waals surface area (Å²) in [4.78, 5) is 0.130. The Bertz CT molecular complexity index is 856. The number of ether oxygens (including phenoxy) is 10. The van der Waals surface area contributed by atoms with E-state index < -0.39 is 10.1 Å². The summed E-state index contributed by atoms with van der Waals surface area (Å²) in [5, 5.41) is 0. The summed E-state index contributed by atoms with van der Waals surface area (Å²) in [6.07, 6.45) is 2.23. The maximum Gasteiger partial charge on any atom is 0.297 e. The third-order valence-corrected chi connectivity index (χ3v) is 7.09. The molecular formula is C31H56O13S. The molecule has 0 heterocycles. The van der Waals surface area contributed by atoms with Crippen LogP contribution in [-0.2, 0) is 61.7 Å². The number of hydrogen-bond acceptors (Lipinski definition) is 13. The van der Waals surface area contributed by atoms with Crippen LogP contribution >= 0.6 is 0 Å². The van der Waals surface area contributed by atoms with Crippen LogP contribution in [0.2, 0.25) is 0 Å². The molecule has 264 valence electrons. The lowest BCUT2D eigenvalue weighted by Gasteiger charge is -2.09. The first-order valence-electron chi connectivity index (χ1n) is 15.8. The first-order valence-corrected chi connectivity index (χ1v) is 17.2. The summed E-state index contributed by atoms with van der Waals surface area (Å²) in [5.74, 6) is 0. The van der Waals surface area contributed by atoms with Crippen LogP contribution in [0.5, 0.6) is 0 Å². The van der Waals surface area contributed by atoms with Gasteiger partial charge in [-0.3, -0.25) is 4.18 Å². The third kappa shape index (κ3) is 27.5. The van der Waals surface area contributed by atoms with E-state index in [9.17, 15) is 8.42 Å². The second kappa shape index (κ2) is 31.3. The molecule has 0 aliphatic rings. The topological polar surface area (TPSA) is 136 Å². The summed E-state index contributed by atoms with van der Waals surface area (Å²) in [6, 6.07) is 6.49. The Morgan fingerprint density at radius 2 is 0.689 bits per heavy atom. The van der Waals surface area contributed by atoms with Crippen molar-refractivity contribution >= 4 is 10.1 Å². The van der Waals surface area contributed by atoms with Gasteiger partial charge < -0.3 is 47.4 Å². The molecule has 0 aliphatic carbocycles. The number of hydrogen-bond donors (Lipinski definition) is 0. The first-order chi connectivity index (χ1) is 22.1. The minimum absolute atomic E-state index is 0.0569. The predicted molar refractivity (Wildman–Crippen MR) is 167 cm³/mol. The monoisotopic (exact) mass is 668 g/mol. The van der Waals surface area contributed by atoms with E-state index in [0.717, 1.165) is 25.0 Å². The van der Waals surface area contributed by atoms with E-state index in [4.69, 9.17) is 51.6 Å². The SMILES string of the molecule is CCCCOCCOCCOCCOCCOCCOCCOCCOCCOCCOCCOS(=O)(=O)c1ccc(C)cc1. The van der Waals surface area contributed by atoms with Gasteiger partial charge in [-0.1, -0.05) is 31.0 Å². The molecule has 0 fully saturated rings. The fourth-order valence-corrected chi connectivity index (χ4v) is 4.20. The molecule has 0 atom stereocenters. The molecular weight excluding hydrogens is 612 g/mol. The van der Waals surface area contributed by atoms with Crippen LogP contribution in [0.25, 0.3) is 0 Å². The summed E-state index contributed by atoms with van der Waals surface area (Å²) in [5.41, 5.74) is 0.977. The van der Waals surface area contributed by atoms with E-state index in [1.807, 2.05) is 6.92 Å². The van der Waals surface area contributed by atoms with E-state index in [1.165, 1.54) is 12.1 Å². The molecule has 45 heavy (non-hydrogen) atoms. The van der Waals surface area contributed by atoms with Crippen molar-refractivity contribution in [2.45, 2.75) is 31.6 Å². The molecule has 14 heteroatoms. The van der Waals surface area contributed by atoms with Crippen LogP contribution in [0.4, 0.5) is 0 Å². The van der Waals surface area contributed by atoms with Gasteiger partial charge in [-0.15, -0.1) is 0 Å². The standard InChI is InChI=1S/C31H56O13S/c1-3-4-9-34-10-11-35-12-13-36-14-15-37-16-17-38-18-19-39-20-21-40-22-23-41-24-25-42-26-27-43-28-29-44-45(32,33)31-7-5-30(2)6-8-31/h5-8H,3-4,9-29H2,1-2H3. The van der Waals surface area contributed by atoms with Crippen molar-refractivity contribution in [1.29, 1.82) is 0 Å². The van der Waals surface area contributed by atoms with Crippen molar-refractivity contribution in [2.24, 2.45) is 0 Å². The number of aryl methyl sites for hydroxylation is 1. The highest BCUT2D eigenvalue weighted by atomic mass is 32.2. The van der Waals surface area contributed by atoms with Gasteiger partial charge in [-0.25, -0.2) is 0 Å². The highest BCUT2D eigenvalue weighted by Crippen LogP contribution is 2.12. The summed E-state index contributed by atoms with van der Waals surface area (Å²) in [7, 11) is -3.77. The lowest BCUT2D eigenvalue weighted by atomic mass is 10.2. The second-order valence-corrected chi connectivity index (χ2v) is 11.2. The van der Waals surface area contributed by atoms with Crippen molar-refractivity contribution in [3.05, 3.63) is 29.8 Å². The summed E-state index contributed by atoms with van der Waals surface area (Å²) >= 11 is 0. The van der Waals surface area contributed by atoms with Gasteiger partial charge in [-0.2, -0.15) is 8.42 Å². The molecule has 0 N–H and O–H groups in total. The largest absolute Gasteiger partial charge is 0.379 e. The van der Waals surface area contributed by atoms with Crippen LogP contribution in [0.3, 0.4) is 0 Å². The van der Waals surface area contributed by atoms with E-state index in [-0.39, 0.29) is 18.1 Å². The minimum atomic E-state index is -3.77. The van der Waals surface area contributed by atoms with Crippen LogP contribution in [0, 0.1) is 6.92 Å². The van der Waals surface area contributed by atoms with E-state index >= 15 is 0 Å². The Balaban J connectivity index is 1.68. The Hall–Kier alpha value is -1.27. The smallest absolute Gasteiger partial charge is 0.297 e. The zero-order valence-electron chi connectivity index (χ0n) is 27.3. The van der Waals surface area contributed by atoms with Gasteiger partial charge in [-0.05, 0) is 25.5 Å². The fraction of sp³-hybridized carbons (Fsp3) is 0.806. The fourth-order valence-electron chi connectivity index (χ4n) is 3.30. The van der Waals surface area contributed by atoms with Crippen LogP contribution in [0.15, 0.2) is 29.2 Å². The first kappa shape index (κ1) is 41.8. The molecule has 0 saturated heterocycles. The number of unbranched alkanes of at least 4 members (excludes halogenated alkanes) is 1. The molecule has 0 bridgehead atoms. The Morgan fingerprint density at radius 1 is 0.422 bits per heavy atom. The van der Waals surface area contributed by atoms with Gasteiger partial charge in [0.2, 0.25) is 0 Å². The molecule has 0 amide bonds. The van der Waals surface area contributed by atoms with Crippen molar-refractivity contribution in [1.82, 2.24) is 0 Å². The van der Waals surface area contributed by atoms with Gasteiger partial charge in [0.1, 0.15) is 0 Å². The van der Waals surface area contributed by atoms with Gasteiger partial charge in [0.15, 0.2) is 0 Å². The Kier molecular flexibility index (Phi) is 29.1. The van der Waals surface area contributed by atoms with Crippen LogP contribution in [-0.4, -0.2) is 147 Å². The number of benzene rings is 1. The molecule has 13 nitrogen and oxygen atoms in total. The van der Waals surface area contributed by atoms with Crippen LogP contribution in [0.1, 0.15) is 25.3 Å². The predicted octanol–water partition coefficient (Wildman–Crippen LogP) is 2.67. The lowest BCUT2D eigenvalue weighted by molar-refractivity contribution is -0.0267. The lowest BCUT2D eigenvalue weighted by Crippen LogP contribution is -2.15. The highest BCUT2D eigenvalue weighted by molar-refractivity contribution is 7.86. The molecule has 1 rings (SSSR count). The zero-order chi connectivity index (χ0) is 32.5. The minimum Gasteiger partial charge on any atom is -0.379 e. The van der Waals surface area contributed by atoms with E-state index in [1.54, 1.807) is 12.1 Å². The molecule has 0 unspecified atom stereocenters. The second-order valence-electron chi connectivity index (χ2n) is 9.57. The van der Waals surface area contributed by atoms with Crippen molar-refractivity contribution < 1.29 is 60.0 Å². The number of rotatable bonds is 35. The molecule has 1 aromatic carbocycles. The highest BCUT2D eigenvalue weighted by Gasteiger charge is 2.14. The Labute approximate surface area is 270 Å². The average molecular weight is 669 g/mol. The molecule has 0 radical (unpaired) electrons. The van der Waals surface area contributed by atoms with Crippen molar-refractivity contribution in [3.63, 3.8) is 0 Å². The van der Waals surface area contributed by atoms with Crippen LogP contribution < -0.4 is 0 Å². The molecule has 0 spiro atoms. The average Bonchev–Trinajstić information content (AvgIpc) is 3.03. The summed E-state index contributed by atoms with van der Waals surface area (Å²) in [6.45, 7) is 13.8. The molecule has 0 saturated carbocycles. The zero-order valence-corrected chi connectivity index (χ0v) is 28.1. The normalized spacial score (nSPS) is 11.9. The van der Waals surface area contributed by atoms with Crippen molar-refractivity contribution in [2.75, 3.05) is 139 Å². The summed E-state index contributed by atoms with van der Waals surface area (Å²) < 4.78 is 83.4. The Morgan fingerprint density at radius 3 is 0.978 bits per heavy atom. The van der Waals surface area contributed by atoms with E-state index in [2.05, 4.69) is 6.92 Å². The molecule has 1 aromatic rings. The molecule has 0 aliphatic heterocycles. The van der Waals surface area contributed by atoms with Gasteiger partial charge in [0, 0.05) is 6.61 Å². The van der Waals surface area contributed by atoms with Crippen molar-refractivity contribution in [3.8, 4) is 0 Å². The maximum absolute atomic E-state index is 12.1. The van der Waals surface area contributed by atoms with Gasteiger partial charge in [0.05, 0.1) is 137 Å². The maximum atomic E-state index is 12.1. The van der Waals surface area contributed by atoms with Gasteiger partial charge in [0.25, 0.3) is 10.1 Å².